The van der Waals surface area contributed by atoms with E-state index in [1.165, 1.54) is 16.8 Å². The quantitative estimate of drug-likeness (QED) is 0.677. The lowest BCUT2D eigenvalue weighted by Gasteiger charge is -2.16. The molecule has 1 aliphatic rings. The molecule has 0 fully saturated rings. The maximum absolute atomic E-state index is 5.31. The minimum absolute atomic E-state index is 0.914. The van der Waals surface area contributed by atoms with Crippen LogP contribution in [0.1, 0.15) is 11.3 Å². The van der Waals surface area contributed by atoms with Gasteiger partial charge in [0, 0.05) is 11.8 Å². The van der Waals surface area contributed by atoms with E-state index >= 15 is 0 Å². The fourth-order valence-corrected chi connectivity index (χ4v) is 3.36. The molecule has 4 rings (SSSR count). The molecule has 2 heterocycles. The standard InChI is InChI=1S/C16H13BrN2O/c1-20-11-5-6-12-10(9-11)4-7-14-15(12)18-16-13(17)3-2-8-19(14)16/h2-3,5-6,8-9H,4,7H2,1H3. The maximum Gasteiger partial charge on any atom is 0.152 e. The smallest absolute Gasteiger partial charge is 0.152 e. The van der Waals surface area contributed by atoms with Gasteiger partial charge in [-0.2, -0.15) is 0 Å². The first kappa shape index (κ1) is 12.0. The highest BCUT2D eigenvalue weighted by Crippen LogP contribution is 2.36. The van der Waals surface area contributed by atoms with Gasteiger partial charge in [0.15, 0.2) is 5.65 Å². The van der Waals surface area contributed by atoms with Gasteiger partial charge in [0.1, 0.15) is 5.75 Å². The summed E-state index contributed by atoms with van der Waals surface area (Å²) in [5.74, 6) is 0.914. The number of aryl methyl sites for hydroxylation is 2. The molecule has 0 N–H and O–H groups in total. The number of halogens is 1. The zero-order valence-electron chi connectivity index (χ0n) is 11.1. The third kappa shape index (κ3) is 1.61. The molecule has 0 saturated carbocycles. The van der Waals surface area contributed by atoms with E-state index in [9.17, 15) is 0 Å². The van der Waals surface area contributed by atoms with Crippen molar-refractivity contribution >= 4 is 21.6 Å². The normalized spacial score (nSPS) is 13.1. The molecule has 1 aromatic carbocycles. The Morgan fingerprint density at radius 1 is 1.25 bits per heavy atom. The maximum atomic E-state index is 5.31. The third-order valence-electron chi connectivity index (χ3n) is 3.90. The van der Waals surface area contributed by atoms with E-state index in [2.05, 4.69) is 38.7 Å². The fourth-order valence-electron chi connectivity index (χ4n) is 2.93. The van der Waals surface area contributed by atoms with Crippen LogP contribution < -0.4 is 4.74 Å². The van der Waals surface area contributed by atoms with Gasteiger partial charge in [0.05, 0.1) is 23.0 Å². The number of hydrogen-bond donors (Lipinski definition) is 0. The molecule has 0 aliphatic heterocycles. The minimum Gasteiger partial charge on any atom is -0.497 e. The van der Waals surface area contributed by atoms with Gasteiger partial charge < -0.3 is 9.14 Å². The third-order valence-corrected chi connectivity index (χ3v) is 4.52. The molecule has 3 aromatic rings. The lowest BCUT2D eigenvalue weighted by atomic mass is 9.92. The Morgan fingerprint density at radius 3 is 3.00 bits per heavy atom. The first-order chi connectivity index (χ1) is 9.78. The fraction of sp³-hybridized carbons (Fsp3) is 0.188. The largest absolute Gasteiger partial charge is 0.497 e. The molecule has 0 bridgehead atoms. The number of ether oxygens (including phenoxy) is 1. The van der Waals surface area contributed by atoms with E-state index in [-0.39, 0.29) is 0 Å². The summed E-state index contributed by atoms with van der Waals surface area (Å²) in [6.07, 6.45) is 4.12. The van der Waals surface area contributed by atoms with Crippen molar-refractivity contribution < 1.29 is 4.74 Å². The number of methoxy groups -OCH3 is 1. The number of aromatic nitrogens is 2. The first-order valence-electron chi connectivity index (χ1n) is 6.60. The van der Waals surface area contributed by atoms with Crippen molar-refractivity contribution in [1.29, 1.82) is 0 Å². The number of hydrogen-bond acceptors (Lipinski definition) is 2. The van der Waals surface area contributed by atoms with Gasteiger partial charge in [0.25, 0.3) is 0 Å². The van der Waals surface area contributed by atoms with Crippen molar-refractivity contribution in [2.75, 3.05) is 7.11 Å². The summed E-state index contributed by atoms with van der Waals surface area (Å²) in [7, 11) is 1.71. The lowest BCUT2D eigenvalue weighted by molar-refractivity contribution is 0.414. The molecule has 0 saturated heterocycles. The van der Waals surface area contributed by atoms with Crippen molar-refractivity contribution in [3.63, 3.8) is 0 Å². The Labute approximate surface area is 125 Å². The Bertz CT molecular complexity index is 823. The SMILES string of the molecule is COc1ccc2c(c1)CCc1c-2nc2c(Br)cccn12. The summed E-state index contributed by atoms with van der Waals surface area (Å²) in [6, 6.07) is 10.3. The zero-order chi connectivity index (χ0) is 13.7. The average Bonchev–Trinajstić information content (AvgIpc) is 2.87. The monoisotopic (exact) mass is 328 g/mol. The highest BCUT2D eigenvalue weighted by molar-refractivity contribution is 9.10. The summed E-state index contributed by atoms with van der Waals surface area (Å²) in [4.78, 5) is 4.82. The molecule has 0 amide bonds. The molecule has 0 radical (unpaired) electrons. The predicted molar refractivity (Wildman–Crippen MR) is 82.3 cm³/mol. The van der Waals surface area contributed by atoms with Crippen LogP contribution in [0.3, 0.4) is 0 Å². The second-order valence-electron chi connectivity index (χ2n) is 4.98. The van der Waals surface area contributed by atoms with Crippen molar-refractivity contribution in [2.24, 2.45) is 0 Å². The van der Waals surface area contributed by atoms with Crippen LogP contribution in [-0.4, -0.2) is 16.5 Å². The van der Waals surface area contributed by atoms with Crippen LogP contribution in [0, 0.1) is 0 Å². The zero-order valence-corrected chi connectivity index (χ0v) is 12.6. The average molecular weight is 329 g/mol. The first-order valence-corrected chi connectivity index (χ1v) is 7.40. The van der Waals surface area contributed by atoms with Gasteiger partial charge in [-0.1, -0.05) is 0 Å². The van der Waals surface area contributed by atoms with Gasteiger partial charge in [0.2, 0.25) is 0 Å². The molecule has 4 heteroatoms. The number of benzene rings is 1. The van der Waals surface area contributed by atoms with E-state index in [0.717, 1.165) is 34.4 Å². The van der Waals surface area contributed by atoms with Gasteiger partial charge in [-0.25, -0.2) is 4.98 Å². The van der Waals surface area contributed by atoms with Crippen LogP contribution in [0.5, 0.6) is 5.75 Å². The molecule has 20 heavy (non-hydrogen) atoms. The Balaban J connectivity index is 2.00. The predicted octanol–water partition coefficient (Wildman–Crippen LogP) is 3.87. The number of fused-ring (bicyclic) bond motifs is 5. The second-order valence-corrected chi connectivity index (χ2v) is 5.83. The second kappa shape index (κ2) is 4.35. The molecule has 2 aromatic heterocycles. The molecule has 0 unspecified atom stereocenters. The van der Waals surface area contributed by atoms with Gasteiger partial charge in [-0.15, -0.1) is 0 Å². The molecule has 0 atom stereocenters. The number of rotatable bonds is 1. The van der Waals surface area contributed by atoms with Crippen LogP contribution >= 0.6 is 15.9 Å². The lowest BCUT2D eigenvalue weighted by Crippen LogP contribution is -2.05. The summed E-state index contributed by atoms with van der Waals surface area (Å²) in [5, 5.41) is 0. The molecule has 1 aliphatic carbocycles. The van der Waals surface area contributed by atoms with E-state index in [4.69, 9.17) is 9.72 Å². The highest BCUT2D eigenvalue weighted by Gasteiger charge is 2.22. The molecular weight excluding hydrogens is 316 g/mol. The minimum atomic E-state index is 0.914. The summed E-state index contributed by atoms with van der Waals surface area (Å²) in [6.45, 7) is 0. The molecule has 100 valence electrons. The van der Waals surface area contributed by atoms with Crippen LogP contribution in [0.15, 0.2) is 41.0 Å². The van der Waals surface area contributed by atoms with E-state index < -0.39 is 0 Å². The molecule has 0 spiro atoms. The Kier molecular flexibility index (Phi) is 2.60. The van der Waals surface area contributed by atoms with Gasteiger partial charge in [-0.05, 0) is 64.7 Å². The van der Waals surface area contributed by atoms with Crippen molar-refractivity contribution in [2.45, 2.75) is 12.8 Å². The number of imidazole rings is 1. The van der Waals surface area contributed by atoms with E-state index in [0.29, 0.717) is 0 Å². The highest BCUT2D eigenvalue weighted by atomic mass is 79.9. The van der Waals surface area contributed by atoms with Gasteiger partial charge >= 0.3 is 0 Å². The van der Waals surface area contributed by atoms with Crippen LogP contribution in [0.2, 0.25) is 0 Å². The topological polar surface area (TPSA) is 26.5 Å². The van der Waals surface area contributed by atoms with Crippen molar-refractivity contribution in [1.82, 2.24) is 9.38 Å². The Morgan fingerprint density at radius 2 is 2.15 bits per heavy atom. The molecule has 3 nitrogen and oxygen atoms in total. The Hall–Kier alpha value is -1.81. The number of pyridine rings is 1. The van der Waals surface area contributed by atoms with Crippen LogP contribution in [0.25, 0.3) is 16.9 Å². The summed E-state index contributed by atoms with van der Waals surface area (Å²) < 4.78 is 8.53. The van der Waals surface area contributed by atoms with E-state index in [1.54, 1.807) is 7.11 Å². The molecular formula is C16H13BrN2O. The van der Waals surface area contributed by atoms with Crippen molar-refractivity contribution in [3.05, 3.63) is 52.3 Å². The number of nitrogens with zero attached hydrogens (tertiary/aromatic N) is 2. The van der Waals surface area contributed by atoms with Crippen LogP contribution in [-0.2, 0) is 12.8 Å². The summed E-state index contributed by atoms with van der Waals surface area (Å²) >= 11 is 3.58. The van der Waals surface area contributed by atoms with E-state index in [1.807, 2.05) is 18.2 Å². The van der Waals surface area contributed by atoms with Crippen molar-refractivity contribution in [3.8, 4) is 17.0 Å². The van der Waals surface area contributed by atoms with Gasteiger partial charge in [-0.3, -0.25) is 0 Å². The van der Waals surface area contributed by atoms with Crippen LogP contribution in [0.4, 0.5) is 0 Å². The summed E-state index contributed by atoms with van der Waals surface area (Å²) in [5.41, 5.74) is 5.92.